The second kappa shape index (κ2) is 7.74. The number of hydrogen-bond donors (Lipinski definition) is 2. The molecule has 0 amide bonds. The van der Waals surface area contributed by atoms with E-state index >= 15 is 0 Å². The van der Waals surface area contributed by atoms with Gasteiger partial charge in [0.05, 0.1) is 0 Å². The summed E-state index contributed by atoms with van der Waals surface area (Å²) in [5, 5.41) is 6.67. The monoisotopic (exact) mass is 287 g/mol. The molecule has 1 heterocycles. The first-order valence-corrected chi connectivity index (χ1v) is 7.27. The van der Waals surface area contributed by atoms with E-state index in [-0.39, 0.29) is 5.82 Å². The van der Waals surface area contributed by atoms with E-state index in [0.717, 1.165) is 30.9 Å². The van der Waals surface area contributed by atoms with Crippen LogP contribution in [0.5, 0.6) is 0 Å². The van der Waals surface area contributed by atoms with E-state index in [1.54, 1.807) is 6.07 Å². The average molecular weight is 287 g/mol. The first-order valence-electron chi connectivity index (χ1n) is 7.27. The Morgan fingerprint density at radius 3 is 2.67 bits per heavy atom. The molecule has 2 N–H and O–H groups in total. The third-order valence-electron chi connectivity index (χ3n) is 3.54. The standard InChI is InChI=1S/C17H22FN3/c1-13-3-4-16(18)11-17(13)21-10-9-20-12-14(2)15-5-7-19-8-6-15/h3-8,11,14,20-21H,9-10,12H2,1-2H3. The molecule has 1 aromatic carbocycles. The number of rotatable bonds is 7. The summed E-state index contributed by atoms with van der Waals surface area (Å²) in [6.45, 7) is 6.68. The van der Waals surface area contributed by atoms with Crippen molar-refractivity contribution in [2.45, 2.75) is 19.8 Å². The molecule has 0 aliphatic rings. The van der Waals surface area contributed by atoms with Crippen LogP contribution in [0.3, 0.4) is 0 Å². The number of nitrogens with one attached hydrogen (secondary N) is 2. The van der Waals surface area contributed by atoms with Gasteiger partial charge in [-0.3, -0.25) is 4.98 Å². The smallest absolute Gasteiger partial charge is 0.125 e. The molecule has 0 aliphatic heterocycles. The van der Waals surface area contributed by atoms with Crippen molar-refractivity contribution in [2.75, 3.05) is 25.0 Å². The zero-order valence-electron chi connectivity index (χ0n) is 12.6. The predicted octanol–water partition coefficient (Wildman–Crippen LogP) is 3.33. The quantitative estimate of drug-likeness (QED) is 0.767. The Morgan fingerprint density at radius 1 is 1.14 bits per heavy atom. The van der Waals surface area contributed by atoms with Crippen LogP contribution in [0.2, 0.25) is 0 Å². The lowest BCUT2D eigenvalue weighted by Crippen LogP contribution is -2.26. The molecule has 0 radical (unpaired) electrons. The predicted molar refractivity (Wildman–Crippen MR) is 85.1 cm³/mol. The normalized spacial score (nSPS) is 12.1. The number of benzene rings is 1. The van der Waals surface area contributed by atoms with Gasteiger partial charge in [0.1, 0.15) is 5.82 Å². The summed E-state index contributed by atoms with van der Waals surface area (Å²) >= 11 is 0. The van der Waals surface area contributed by atoms with Gasteiger partial charge in [0.2, 0.25) is 0 Å². The van der Waals surface area contributed by atoms with Crippen LogP contribution < -0.4 is 10.6 Å². The molecule has 0 saturated heterocycles. The molecule has 1 aromatic heterocycles. The fourth-order valence-electron chi connectivity index (χ4n) is 2.20. The third-order valence-corrected chi connectivity index (χ3v) is 3.54. The molecule has 4 heteroatoms. The van der Waals surface area contributed by atoms with Gasteiger partial charge in [-0.15, -0.1) is 0 Å². The second-order valence-corrected chi connectivity index (χ2v) is 5.27. The number of nitrogens with zero attached hydrogens (tertiary/aromatic N) is 1. The van der Waals surface area contributed by atoms with E-state index in [0.29, 0.717) is 5.92 Å². The highest BCUT2D eigenvalue weighted by molar-refractivity contribution is 5.50. The van der Waals surface area contributed by atoms with E-state index in [1.165, 1.54) is 17.7 Å². The maximum Gasteiger partial charge on any atom is 0.125 e. The summed E-state index contributed by atoms with van der Waals surface area (Å²) in [5.41, 5.74) is 3.20. The van der Waals surface area contributed by atoms with Crippen LogP contribution in [-0.4, -0.2) is 24.6 Å². The van der Waals surface area contributed by atoms with Gasteiger partial charge in [-0.1, -0.05) is 13.0 Å². The summed E-state index contributed by atoms with van der Waals surface area (Å²) in [7, 11) is 0. The SMILES string of the molecule is Cc1ccc(F)cc1NCCNCC(C)c1ccncc1. The largest absolute Gasteiger partial charge is 0.383 e. The van der Waals surface area contributed by atoms with Gasteiger partial charge in [-0.25, -0.2) is 4.39 Å². The van der Waals surface area contributed by atoms with Crippen molar-refractivity contribution in [2.24, 2.45) is 0 Å². The number of pyridine rings is 1. The van der Waals surface area contributed by atoms with Crippen molar-refractivity contribution in [1.29, 1.82) is 0 Å². The fraction of sp³-hybridized carbons (Fsp3) is 0.353. The molecule has 0 saturated carbocycles. The first kappa shape index (κ1) is 15.4. The number of aromatic nitrogens is 1. The Balaban J connectivity index is 1.69. The Hall–Kier alpha value is -1.94. The third kappa shape index (κ3) is 4.83. The van der Waals surface area contributed by atoms with Crippen molar-refractivity contribution < 1.29 is 4.39 Å². The molecule has 1 unspecified atom stereocenters. The van der Waals surface area contributed by atoms with Crippen molar-refractivity contribution in [3.8, 4) is 0 Å². The molecule has 2 rings (SSSR count). The average Bonchev–Trinajstić information content (AvgIpc) is 2.51. The highest BCUT2D eigenvalue weighted by atomic mass is 19.1. The van der Waals surface area contributed by atoms with E-state index < -0.39 is 0 Å². The molecule has 2 aromatic rings. The van der Waals surface area contributed by atoms with E-state index in [2.05, 4.69) is 22.5 Å². The zero-order chi connectivity index (χ0) is 15.1. The van der Waals surface area contributed by atoms with Crippen LogP contribution in [0, 0.1) is 12.7 Å². The van der Waals surface area contributed by atoms with Gasteiger partial charge >= 0.3 is 0 Å². The highest BCUT2D eigenvalue weighted by Gasteiger charge is 2.04. The summed E-state index contributed by atoms with van der Waals surface area (Å²) in [6.07, 6.45) is 3.64. The Morgan fingerprint density at radius 2 is 1.90 bits per heavy atom. The van der Waals surface area contributed by atoms with Gasteiger partial charge in [0.25, 0.3) is 0 Å². The van der Waals surface area contributed by atoms with Gasteiger partial charge in [0.15, 0.2) is 0 Å². The topological polar surface area (TPSA) is 37.0 Å². The lowest BCUT2D eigenvalue weighted by molar-refractivity contribution is 0.622. The van der Waals surface area contributed by atoms with Gasteiger partial charge in [-0.2, -0.15) is 0 Å². The van der Waals surface area contributed by atoms with E-state index in [4.69, 9.17) is 0 Å². The van der Waals surface area contributed by atoms with Crippen LogP contribution in [-0.2, 0) is 0 Å². The molecule has 3 nitrogen and oxygen atoms in total. The van der Waals surface area contributed by atoms with Crippen molar-refractivity contribution in [3.05, 3.63) is 59.7 Å². The Bertz CT molecular complexity index is 557. The zero-order valence-corrected chi connectivity index (χ0v) is 12.6. The molecule has 112 valence electrons. The van der Waals surface area contributed by atoms with Crippen molar-refractivity contribution >= 4 is 5.69 Å². The maximum absolute atomic E-state index is 13.2. The summed E-state index contributed by atoms with van der Waals surface area (Å²) < 4.78 is 13.2. The van der Waals surface area contributed by atoms with Crippen molar-refractivity contribution in [1.82, 2.24) is 10.3 Å². The van der Waals surface area contributed by atoms with Crippen LogP contribution >= 0.6 is 0 Å². The minimum atomic E-state index is -0.206. The molecule has 0 spiro atoms. The van der Waals surface area contributed by atoms with E-state index in [9.17, 15) is 4.39 Å². The Labute approximate surface area is 125 Å². The molecule has 0 bridgehead atoms. The van der Waals surface area contributed by atoms with Crippen molar-refractivity contribution in [3.63, 3.8) is 0 Å². The lowest BCUT2D eigenvalue weighted by Gasteiger charge is -2.14. The number of anilines is 1. The van der Waals surface area contributed by atoms with Crippen LogP contribution in [0.15, 0.2) is 42.7 Å². The van der Waals surface area contributed by atoms with Crippen LogP contribution in [0.25, 0.3) is 0 Å². The molecule has 21 heavy (non-hydrogen) atoms. The highest BCUT2D eigenvalue weighted by Crippen LogP contribution is 2.15. The maximum atomic E-state index is 13.2. The number of aryl methyl sites for hydroxylation is 1. The fourth-order valence-corrected chi connectivity index (χ4v) is 2.20. The summed E-state index contributed by atoms with van der Waals surface area (Å²) in [5.74, 6) is 0.242. The molecule has 0 fully saturated rings. The lowest BCUT2D eigenvalue weighted by atomic mass is 10.0. The number of hydrogen-bond acceptors (Lipinski definition) is 3. The molecular formula is C17H22FN3. The molecule has 0 aliphatic carbocycles. The minimum absolute atomic E-state index is 0.206. The summed E-state index contributed by atoms with van der Waals surface area (Å²) in [6, 6.07) is 8.89. The molecular weight excluding hydrogens is 265 g/mol. The Kier molecular flexibility index (Phi) is 5.69. The first-order chi connectivity index (χ1) is 10.2. The van der Waals surface area contributed by atoms with Crippen LogP contribution in [0.1, 0.15) is 24.0 Å². The number of halogens is 1. The van der Waals surface area contributed by atoms with Gasteiger partial charge in [-0.05, 0) is 48.2 Å². The van der Waals surface area contributed by atoms with Gasteiger partial charge < -0.3 is 10.6 Å². The van der Waals surface area contributed by atoms with Crippen LogP contribution in [0.4, 0.5) is 10.1 Å². The minimum Gasteiger partial charge on any atom is -0.383 e. The molecule has 1 atom stereocenters. The van der Waals surface area contributed by atoms with Gasteiger partial charge in [0, 0.05) is 37.7 Å². The second-order valence-electron chi connectivity index (χ2n) is 5.27. The summed E-state index contributed by atoms with van der Waals surface area (Å²) in [4.78, 5) is 4.03. The van der Waals surface area contributed by atoms with E-state index in [1.807, 2.05) is 31.5 Å².